The number of likely N-dealkylation sites (tertiary alicyclic amines) is 1. The lowest BCUT2D eigenvalue weighted by atomic mass is 9.70. The Hall–Kier alpha value is -2.71. The molecule has 0 aliphatic carbocycles. The number of esters is 1. The van der Waals surface area contributed by atoms with E-state index in [4.69, 9.17) is 9.47 Å². The highest BCUT2D eigenvalue weighted by Crippen LogP contribution is 2.60. The lowest BCUT2D eigenvalue weighted by molar-refractivity contribution is -0.156. The Labute approximate surface area is 213 Å². The van der Waals surface area contributed by atoms with Crippen LogP contribution in [0.1, 0.15) is 57.6 Å². The molecule has 3 aliphatic rings. The zero-order valence-corrected chi connectivity index (χ0v) is 21.3. The number of unbranched alkanes of at least 4 members (excludes halogenated alkanes) is 2. The highest BCUT2D eigenvalue weighted by molar-refractivity contribution is 5.98. The molecule has 0 saturated carbocycles. The van der Waals surface area contributed by atoms with Crippen LogP contribution in [0.15, 0.2) is 43.0 Å². The average molecular weight is 499 g/mol. The number of ether oxygens (including phenoxy) is 2. The minimum Gasteiger partial charge on any atom is -0.466 e. The quantitative estimate of drug-likeness (QED) is 0.270. The third kappa shape index (κ3) is 4.34. The number of aliphatic hydroxyl groups is 1. The maximum absolute atomic E-state index is 14.3. The zero-order valence-electron chi connectivity index (χ0n) is 21.3. The van der Waals surface area contributed by atoms with Crippen LogP contribution < -0.4 is 0 Å². The van der Waals surface area contributed by atoms with Gasteiger partial charge in [0.15, 0.2) is 0 Å². The number of fused-ring (bicyclic) bond motifs is 1. The summed E-state index contributed by atoms with van der Waals surface area (Å²) in [5, 5.41) is 10.5. The van der Waals surface area contributed by atoms with Gasteiger partial charge in [0.2, 0.25) is 11.8 Å². The maximum Gasteiger partial charge on any atom is 0.312 e. The number of carbonyl (C=O) groups is 3. The van der Waals surface area contributed by atoms with Crippen molar-refractivity contribution in [3.8, 4) is 0 Å². The Morgan fingerprint density at radius 3 is 2.69 bits per heavy atom. The van der Waals surface area contributed by atoms with E-state index in [1.165, 1.54) is 4.90 Å². The van der Waals surface area contributed by atoms with Crippen LogP contribution in [0.4, 0.5) is 0 Å². The average Bonchev–Trinajstić information content (AvgIpc) is 3.52. The molecular formula is C28H38N2O6. The molecule has 3 heterocycles. The van der Waals surface area contributed by atoms with Crippen LogP contribution in [-0.4, -0.2) is 76.7 Å². The van der Waals surface area contributed by atoms with Crippen LogP contribution >= 0.6 is 0 Å². The molecule has 3 aliphatic heterocycles. The number of nitrogens with zero attached hydrogens (tertiary/aromatic N) is 2. The Morgan fingerprint density at radius 2 is 2.06 bits per heavy atom. The van der Waals surface area contributed by atoms with E-state index in [1.807, 2.05) is 30.3 Å². The molecule has 3 saturated heterocycles. The van der Waals surface area contributed by atoms with Gasteiger partial charge >= 0.3 is 5.97 Å². The molecule has 1 spiro atoms. The summed E-state index contributed by atoms with van der Waals surface area (Å²) < 4.78 is 11.8. The predicted octanol–water partition coefficient (Wildman–Crippen LogP) is 2.86. The Bertz CT molecular complexity index is 968. The van der Waals surface area contributed by atoms with Crippen LogP contribution in [0.3, 0.4) is 0 Å². The van der Waals surface area contributed by atoms with Crippen molar-refractivity contribution in [1.82, 2.24) is 9.80 Å². The number of carbonyl (C=O) groups excluding carboxylic acids is 3. The first-order valence-corrected chi connectivity index (χ1v) is 13.2. The third-order valence-corrected chi connectivity index (χ3v) is 7.92. The molecule has 8 heteroatoms. The van der Waals surface area contributed by atoms with Gasteiger partial charge in [-0.2, -0.15) is 0 Å². The molecule has 36 heavy (non-hydrogen) atoms. The number of benzene rings is 1. The molecule has 0 aromatic heterocycles. The number of hydrogen-bond donors (Lipinski definition) is 1. The van der Waals surface area contributed by atoms with Crippen LogP contribution in [0.2, 0.25) is 0 Å². The van der Waals surface area contributed by atoms with Gasteiger partial charge in [0.05, 0.1) is 37.2 Å². The molecule has 2 bridgehead atoms. The van der Waals surface area contributed by atoms with Gasteiger partial charge in [-0.25, -0.2) is 0 Å². The van der Waals surface area contributed by atoms with Crippen LogP contribution in [0, 0.1) is 11.8 Å². The standard InChI is InChI=1S/C28H38N2O6/c1-4-7-11-17-29(16-5-2)26(33)24-28-15-14-21(36-28)22(27(34)35-6-3)23(28)25(32)30(24)20(18-31)19-12-9-8-10-13-19/h5,8-10,12-13,20-24,31H,2,4,6-7,11,14-18H2,1,3H3/t20-,21-,22+,23+,24-,28+/m1/s1. The van der Waals surface area contributed by atoms with Crippen LogP contribution in [0.25, 0.3) is 0 Å². The molecule has 196 valence electrons. The first-order valence-electron chi connectivity index (χ1n) is 13.2. The topological polar surface area (TPSA) is 96.4 Å². The molecule has 8 nitrogen and oxygen atoms in total. The molecule has 4 rings (SSSR count). The fourth-order valence-electron chi connectivity index (χ4n) is 6.41. The summed E-state index contributed by atoms with van der Waals surface area (Å²) in [6.07, 6.45) is 5.15. The van der Waals surface area contributed by atoms with E-state index in [0.717, 1.165) is 24.8 Å². The summed E-state index contributed by atoms with van der Waals surface area (Å²) in [7, 11) is 0. The SMILES string of the molecule is C=CCN(CCCCC)C(=O)[C@H]1N([C@H](CO)c2ccccc2)C(=O)[C@@H]2[C@@H](C(=O)OCC)[C@H]3CC[C@]21O3. The van der Waals surface area contributed by atoms with E-state index in [2.05, 4.69) is 13.5 Å². The fourth-order valence-corrected chi connectivity index (χ4v) is 6.41. The second-order valence-electron chi connectivity index (χ2n) is 9.94. The van der Waals surface area contributed by atoms with Crippen molar-refractivity contribution in [2.75, 3.05) is 26.3 Å². The molecule has 0 unspecified atom stereocenters. The smallest absolute Gasteiger partial charge is 0.312 e. The number of hydrogen-bond acceptors (Lipinski definition) is 6. The lowest BCUT2D eigenvalue weighted by Crippen LogP contribution is -2.57. The molecule has 1 aromatic carbocycles. The van der Waals surface area contributed by atoms with Crippen molar-refractivity contribution in [1.29, 1.82) is 0 Å². The van der Waals surface area contributed by atoms with Crippen molar-refractivity contribution < 1.29 is 29.0 Å². The van der Waals surface area contributed by atoms with Crippen molar-refractivity contribution in [2.45, 2.75) is 69.7 Å². The van der Waals surface area contributed by atoms with Gasteiger partial charge in [-0.05, 0) is 31.7 Å². The van der Waals surface area contributed by atoms with E-state index in [0.29, 0.717) is 25.9 Å². The Morgan fingerprint density at radius 1 is 1.31 bits per heavy atom. The molecule has 1 N–H and O–H groups in total. The van der Waals surface area contributed by atoms with Gasteiger partial charge in [0.1, 0.15) is 11.6 Å². The summed E-state index contributed by atoms with van der Waals surface area (Å²) in [4.78, 5) is 44.7. The normalized spacial score (nSPS) is 29.2. The number of aliphatic hydroxyl groups excluding tert-OH is 1. The summed E-state index contributed by atoms with van der Waals surface area (Å²) in [5.74, 6) is -2.58. The van der Waals surface area contributed by atoms with Crippen LogP contribution in [-0.2, 0) is 23.9 Å². The second-order valence-corrected chi connectivity index (χ2v) is 9.94. The second kappa shape index (κ2) is 11.1. The predicted molar refractivity (Wildman–Crippen MR) is 134 cm³/mol. The van der Waals surface area contributed by atoms with Gasteiger partial charge in [-0.3, -0.25) is 14.4 Å². The van der Waals surface area contributed by atoms with E-state index in [1.54, 1.807) is 17.9 Å². The van der Waals surface area contributed by atoms with Gasteiger partial charge < -0.3 is 24.4 Å². The molecule has 2 amide bonds. The van der Waals surface area contributed by atoms with Crippen molar-refractivity contribution in [3.05, 3.63) is 48.6 Å². The fraction of sp³-hybridized carbons (Fsp3) is 0.607. The van der Waals surface area contributed by atoms with Crippen molar-refractivity contribution >= 4 is 17.8 Å². The lowest BCUT2D eigenvalue weighted by Gasteiger charge is -2.39. The number of amides is 2. The summed E-state index contributed by atoms with van der Waals surface area (Å²) in [6, 6.07) is 7.54. The molecule has 6 atom stereocenters. The van der Waals surface area contributed by atoms with E-state index in [9.17, 15) is 19.5 Å². The Balaban J connectivity index is 1.78. The van der Waals surface area contributed by atoms with E-state index >= 15 is 0 Å². The first kappa shape index (κ1) is 26.4. The van der Waals surface area contributed by atoms with Gasteiger partial charge in [-0.15, -0.1) is 6.58 Å². The monoisotopic (exact) mass is 498 g/mol. The zero-order chi connectivity index (χ0) is 25.9. The van der Waals surface area contributed by atoms with E-state index < -0.39 is 41.6 Å². The van der Waals surface area contributed by atoms with Gasteiger partial charge in [0.25, 0.3) is 0 Å². The van der Waals surface area contributed by atoms with Crippen molar-refractivity contribution in [3.63, 3.8) is 0 Å². The minimum absolute atomic E-state index is 0.204. The van der Waals surface area contributed by atoms with Crippen molar-refractivity contribution in [2.24, 2.45) is 11.8 Å². The van der Waals surface area contributed by atoms with Crippen LogP contribution in [0.5, 0.6) is 0 Å². The highest BCUT2D eigenvalue weighted by Gasteiger charge is 2.75. The summed E-state index contributed by atoms with van der Waals surface area (Å²) >= 11 is 0. The number of rotatable bonds is 12. The summed E-state index contributed by atoms with van der Waals surface area (Å²) in [6.45, 7) is 8.41. The minimum atomic E-state index is -1.12. The molecule has 1 aromatic rings. The van der Waals surface area contributed by atoms with E-state index in [-0.39, 0.29) is 25.0 Å². The first-order chi connectivity index (χ1) is 17.4. The van der Waals surface area contributed by atoms with Gasteiger partial charge in [-0.1, -0.05) is 56.2 Å². The molecule has 3 fully saturated rings. The highest BCUT2D eigenvalue weighted by atomic mass is 16.6. The maximum atomic E-state index is 14.3. The molecular weight excluding hydrogens is 460 g/mol. The third-order valence-electron chi connectivity index (χ3n) is 7.92. The van der Waals surface area contributed by atoms with Gasteiger partial charge in [0, 0.05) is 13.1 Å². The Kier molecular flexibility index (Phi) is 8.15. The molecule has 0 radical (unpaired) electrons. The summed E-state index contributed by atoms with van der Waals surface area (Å²) in [5.41, 5.74) is -0.395. The largest absolute Gasteiger partial charge is 0.466 e.